The van der Waals surface area contributed by atoms with E-state index in [9.17, 15) is 14.4 Å². The van der Waals surface area contributed by atoms with Crippen molar-refractivity contribution in [1.29, 1.82) is 0 Å². The van der Waals surface area contributed by atoms with Crippen molar-refractivity contribution >= 4 is 23.4 Å². The molecule has 35 heavy (non-hydrogen) atoms. The first-order valence-electron chi connectivity index (χ1n) is 11.7. The summed E-state index contributed by atoms with van der Waals surface area (Å²) in [5, 5.41) is 2.86. The Morgan fingerprint density at radius 3 is 2.37 bits per heavy atom. The zero-order valence-corrected chi connectivity index (χ0v) is 19.7. The Labute approximate surface area is 204 Å². The lowest BCUT2D eigenvalue weighted by molar-refractivity contribution is 0.0453. The van der Waals surface area contributed by atoms with Gasteiger partial charge in [-0.3, -0.25) is 19.3 Å². The molecule has 1 heterocycles. The summed E-state index contributed by atoms with van der Waals surface area (Å²) in [6.45, 7) is 4.31. The predicted molar refractivity (Wildman–Crippen MR) is 132 cm³/mol. The summed E-state index contributed by atoms with van der Waals surface area (Å²) in [5.41, 5.74) is 3.48. The zero-order valence-electron chi connectivity index (χ0n) is 19.7. The lowest BCUT2D eigenvalue weighted by Crippen LogP contribution is -2.31. The number of imide groups is 1. The van der Waals surface area contributed by atoms with E-state index in [1.807, 2.05) is 55.5 Å². The first-order valence-corrected chi connectivity index (χ1v) is 11.7. The van der Waals surface area contributed by atoms with E-state index >= 15 is 0 Å². The third kappa shape index (κ3) is 6.01. The fourth-order valence-electron chi connectivity index (χ4n) is 3.91. The molecule has 1 aliphatic rings. The number of hydrogen-bond donors (Lipinski definition) is 1. The number of benzene rings is 3. The molecule has 7 heteroatoms. The van der Waals surface area contributed by atoms with Gasteiger partial charge in [0.2, 0.25) is 0 Å². The Morgan fingerprint density at radius 1 is 0.829 bits per heavy atom. The zero-order chi connectivity index (χ0) is 24.6. The molecule has 0 radical (unpaired) electrons. The average molecular weight is 473 g/mol. The summed E-state index contributed by atoms with van der Waals surface area (Å²) in [5.74, 6) is -1.06. The van der Waals surface area contributed by atoms with Crippen LogP contribution in [0.15, 0.2) is 72.8 Å². The minimum absolute atomic E-state index is 0.257. The molecule has 0 aliphatic carbocycles. The summed E-state index contributed by atoms with van der Waals surface area (Å²) in [4.78, 5) is 39.8. The van der Waals surface area contributed by atoms with E-state index in [1.165, 1.54) is 11.0 Å². The molecule has 0 atom stereocenters. The van der Waals surface area contributed by atoms with Gasteiger partial charge in [-0.05, 0) is 54.8 Å². The van der Waals surface area contributed by atoms with Crippen LogP contribution < -0.4 is 5.32 Å². The maximum atomic E-state index is 12.9. The molecule has 0 unspecified atom stereocenters. The SMILES string of the molecule is CCOCCOCc1cccc(NC(=O)c2ccc3c(c2)C(=O)N(CCc2ccccc2)C3=O)c1. The van der Waals surface area contributed by atoms with E-state index in [0.29, 0.717) is 49.7 Å². The van der Waals surface area contributed by atoms with Crippen molar-refractivity contribution in [3.05, 3.63) is 101 Å². The minimum Gasteiger partial charge on any atom is -0.379 e. The molecule has 0 bridgehead atoms. The van der Waals surface area contributed by atoms with Gasteiger partial charge in [0.05, 0.1) is 30.9 Å². The summed E-state index contributed by atoms with van der Waals surface area (Å²) in [7, 11) is 0. The molecule has 0 saturated carbocycles. The Bertz CT molecular complexity index is 1210. The third-order valence-electron chi connectivity index (χ3n) is 5.73. The molecule has 0 aromatic heterocycles. The van der Waals surface area contributed by atoms with Crippen LogP contribution in [-0.2, 0) is 22.5 Å². The van der Waals surface area contributed by atoms with Crippen molar-refractivity contribution in [2.45, 2.75) is 20.0 Å². The number of carbonyl (C=O) groups is 3. The van der Waals surface area contributed by atoms with Crippen LogP contribution in [0.2, 0.25) is 0 Å². The Morgan fingerprint density at radius 2 is 1.57 bits per heavy atom. The van der Waals surface area contributed by atoms with Gasteiger partial charge in [-0.1, -0.05) is 42.5 Å². The van der Waals surface area contributed by atoms with Gasteiger partial charge in [0.25, 0.3) is 17.7 Å². The number of ether oxygens (including phenoxy) is 2. The highest BCUT2D eigenvalue weighted by atomic mass is 16.5. The summed E-state index contributed by atoms with van der Waals surface area (Å²) >= 11 is 0. The predicted octanol–water partition coefficient (Wildman–Crippen LogP) is 4.33. The molecule has 180 valence electrons. The molecule has 0 fully saturated rings. The number of anilines is 1. The Hall–Kier alpha value is -3.81. The van der Waals surface area contributed by atoms with Crippen molar-refractivity contribution in [2.24, 2.45) is 0 Å². The summed E-state index contributed by atoms with van der Waals surface area (Å²) < 4.78 is 10.8. The third-order valence-corrected chi connectivity index (χ3v) is 5.73. The second-order valence-electron chi connectivity index (χ2n) is 8.16. The maximum Gasteiger partial charge on any atom is 0.261 e. The largest absolute Gasteiger partial charge is 0.379 e. The quantitative estimate of drug-likeness (QED) is 0.332. The van der Waals surface area contributed by atoms with E-state index in [2.05, 4.69) is 5.32 Å². The molecule has 3 amide bonds. The molecular formula is C28H28N2O5. The summed E-state index contributed by atoms with van der Waals surface area (Å²) in [6.07, 6.45) is 0.575. The lowest BCUT2D eigenvalue weighted by Gasteiger charge is -2.13. The van der Waals surface area contributed by atoms with E-state index in [0.717, 1.165) is 11.1 Å². The number of nitrogens with zero attached hydrogens (tertiary/aromatic N) is 1. The first-order chi connectivity index (χ1) is 17.1. The maximum absolute atomic E-state index is 12.9. The molecule has 3 aromatic rings. The van der Waals surface area contributed by atoms with E-state index in [1.54, 1.807) is 18.2 Å². The van der Waals surface area contributed by atoms with Gasteiger partial charge in [0.15, 0.2) is 0 Å². The molecular weight excluding hydrogens is 444 g/mol. The van der Waals surface area contributed by atoms with Crippen molar-refractivity contribution in [1.82, 2.24) is 4.90 Å². The minimum atomic E-state index is -0.373. The van der Waals surface area contributed by atoms with Crippen molar-refractivity contribution in [3.63, 3.8) is 0 Å². The van der Waals surface area contributed by atoms with Gasteiger partial charge >= 0.3 is 0 Å². The molecule has 1 aliphatic heterocycles. The molecule has 3 aromatic carbocycles. The second kappa shape index (κ2) is 11.6. The highest BCUT2D eigenvalue weighted by molar-refractivity contribution is 6.22. The Balaban J connectivity index is 1.39. The van der Waals surface area contributed by atoms with Crippen molar-refractivity contribution in [3.8, 4) is 0 Å². The molecule has 7 nitrogen and oxygen atoms in total. The van der Waals surface area contributed by atoms with Crippen LogP contribution in [0.1, 0.15) is 49.1 Å². The summed E-state index contributed by atoms with van der Waals surface area (Å²) in [6, 6.07) is 21.7. The van der Waals surface area contributed by atoms with Crippen LogP contribution in [0.25, 0.3) is 0 Å². The average Bonchev–Trinajstić information content (AvgIpc) is 3.12. The highest BCUT2D eigenvalue weighted by Gasteiger charge is 2.35. The number of rotatable bonds is 11. The van der Waals surface area contributed by atoms with Gasteiger partial charge in [0.1, 0.15) is 0 Å². The van der Waals surface area contributed by atoms with Gasteiger partial charge < -0.3 is 14.8 Å². The van der Waals surface area contributed by atoms with E-state index in [-0.39, 0.29) is 29.8 Å². The van der Waals surface area contributed by atoms with E-state index < -0.39 is 0 Å². The number of carbonyl (C=O) groups excluding carboxylic acids is 3. The standard InChI is InChI=1S/C28H28N2O5/c1-2-34-15-16-35-19-21-9-6-10-23(17-21)29-26(31)22-11-12-24-25(18-22)28(33)30(27(24)32)14-13-20-7-4-3-5-8-20/h3-12,17-18H,2,13-16,19H2,1H3,(H,29,31). The van der Waals surface area contributed by atoms with Crippen LogP contribution in [0.4, 0.5) is 5.69 Å². The monoisotopic (exact) mass is 472 g/mol. The number of hydrogen-bond acceptors (Lipinski definition) is 5. The van der Waals surface area contributed by atoms with Crippen LogP contribution in [0, 0.1) is 0 Å². The highest BCUT2D eigenvalue weighted by Crippen LogP contribution is 2.25. The molecule has 4 rings (SSSR count). The van der Waals surface area contributed by atoms with Crippen molar-refractivity contribution < 1.29 is 23.9 Å². The van der Waals surface area contributed by atoms with Crippen molar-refractivity contribution in [2.75, 3.05) is 31.7 Å². The fourth-order valence-corrected chi connectivity index (χ4v) is 3.91. The normalized spacial score (nSPS) is 12.7. The lowest BCUT2D eigenvalue weighted by atomic mass is 10.1. The Kier molecular flexibility index (Phi) is 8.03. The second-order valence-corrected chi connectivity index (χ2v) is 8.16. The van der Waals surface area contributed by atoms with Gasteiger partial charge in [0, 0.05) is 24.4 Å². The first kappa shape index (κ1) is 24.3. The molecule has 0 saturated heterocycles. The van der Waals surface area contributed by atoms with E-state index in [4.69, 9.17) is 9.47 Å². The van der Waals surface area contributed by atoms with Gasteiger partial charge in [-0.25, -0.2) is 0 Å². The van der Waals surface area contributed by atoms with Gasteiger partial charge in [-0.15, -0.1) is 0 Å². The van der Waals surface area contributed by atoms with Gasteiger partial charge in [-0.2, -0.15) is 0 Å². The topological polar surface area (TPSA) is 84.9 Å². The van der Waals surface area contributed by atoms with Crippen LogP contribution in [0.3, 0.4) is 0 Å². The molecule has 1 N–H and O–H groups in total. The van der Waals surface area contributed by atoms with Crippen LogP contribution in [-0.4, -0.2) is 49.0 Å². The number of fused-ring (bicyclic) bond motifs is 1. The van der Waals surface area contributed by atoms with Crippen LogP contribution in [0.5, 0.6) is 0 Å². The van der Waals surface area contributed by atoms with Crippen LogP contribution >= 0.6 is 0 Å². The number of nitrogens with one attached hydrogen (secondary N) is 1. The fraction of sp³-hybridized carbons (Fsp3) is 0.250. The molecule has 0 spiro atoms. The number of amides is 3. The smallest absolute Gasteiger partial charge is 0.261 e.